The fourth-order valence-corrected chi connectivity index (χ4v) is 2.13. The Bertz CT molecular complexity index is 605. The molecule has 0 unspecified atom stereocenters. The van der Waals surface area contributed by atoms with Gasteiger partial charge in [0.15, 0.2) is 0 Å². The van der Waals surface area contributed by atoms with Gasteiger partial charge in [0.1, 0.15) is 17.2 Å². The van der Waals surface area contributed by atoms with Gasteiger partial charge in [-0.25, -0.2) is 14.4 Å². The summed E-state index contributed by atoms with van der Waals surface area (Å²) in [4.78, 5) is 41.3. The zero-order valence-corrected chi connectivity index (χ0v) is 18.1. The summed E-state index contributed by atoms with van der Waals surface area (Å²) < 4.78 is 15.7. The van der Waals surface area contributed by atoms with E-state index in [0.29, 0.717) is 24.3 Å². The second kappa shape index (κ2) is 12.1. The molecule has 2 amide bonds. The minimum Gasteiger partial charge on any atom is -0.458 e. The molecule has 11 nitrogen and oxygen atoms in total. The topological polar surface area (TPSA) is 157 Å². The largest absolute Gasteiger partial charge is 0.458 e. The van der Waals surface area contributed by atoms with Crippen LogP contribution in [0.2, 0.25) is 0 Å². The van der Waals surface area contributed by atoms with Crippen molar-refractivity contribution in [3.8, 4) is 0 Å². The molecule has 166 valence electrons. The van der Waals surface area contributed by atoms with E-state index in [9.17, 15) is 14.4 Å². The molecule has 0 aliphatic carbocycles. The monoisotopic (exact) mass is 415 g/mol. The van der Waals surface area contributed by atoms with E-state index < -0.39 is 35.4 Å². The van der Waals surface area contributed by atoms with Gasteiger partial charge in [0.2, 0.25) is 0 Å². The first kappa shape index (κ1) is 26.5. The molecule has 0 aliphatic rings. The Kier molecular flexibility index (Phi) is 11.1. The predicted molar refractivity (Wildman–Crippen MR) is 106 cm³/mol. The molecule has 0 fully saturated rings. The zero-order chi connectivity index (χ0) is 22.7. The summed E-state index contributed by atoms with van der Waals surface area (Å²) >= 11 is 0. The maximum absolute atomic E-state index is 12.8. The van der Waals surface area contributed by atoms with Crippen molar-refractivity contribution in [2.45, 2.75) is 78.0 Å². The van der Waals surface area contributed by atoms with Crippen molar-refractivity contribution in [3.05, 3.63) is 10.4 Å². The number of esters is 1. The van der Waals surface area contributed by atoms with E-state index in [-0.39, 0.29) is 19.6 Å². The van der Waals surface area contributed by atoms with Gasteiger partial charge in [-0.3, -0.25) is 0 Å². The van der Waals surface area contributed by atoms with E-state index in [1.54, 1.807) is 41.5 Å². The number of hydrogen-bond acceptors (Lipinski definition) is 8. The Morgan fingerprint density at radius 3 is 2.10 bits per heavy atom. The lowest BCUT2D eigenvalue weighted by atomic mass is 10.1. The number of azide groups is 1. The van der Waals surface area contributed by atoms with E-state index in [1.165, 1.54) is 0 Å². The van der Waals surface area contributed by atoms with Crippen molar-refractivity contribution in [2.24, 2.45) is 10.8 Å². The molecule has 0 radical (unpaired) electrons. The van der Waals surface area contributed by atoms with E-state index in [2.05, 4.69) is 10.0 Å². The Balaban J connectivity index is 5.75. The van der Waals surface area contributed by atoms with Gasteiger partial charge in [0, 0.05) is 4.91 Å². The van der Waals surface area contributed by atoms with Crippen LogP contribution in [0.5, 0.6) is 0 Å². The molecule has 0 aliphatic heterocycles. The molecule has 11 heteroatoms. The SMILES string of the molecule is CC(C)(C)OC(=O)[C@H](CCCCN)N(C(=O)OCCN=[N+]=[N-])C(=O)OC(C)(C)C. The van der Waals surface area contributed by atoms with Crippen LogP contribution in [0.4, 0.5) is 9.59 Å². The third-order valence-electron chi connectivity index (χ3n) is 3.19. The molecule has 0 heterocycles. The van der Waals surface area contributed by atoms with Crippen LogP contribution in [-0.2, 0) is 19.0 Å². The summed E-state index contributed by atoms with van der Waals surface area (Å²) in [7, 11) is 0. The number of hydrogen-bond donors (Lipinski definition) is 1. The van der Waals surface area contributed by atoms with E-state index in [1.807, 2.05) is 0 Å². The van der Waals surface area contributed by atoms with E-state index in [0.717, 1.165) is 0 Å². The molecular formula is C18H33N5O6. The van der Waals surface area contributed by atoms with Gasteiger partial charge >= 0.3 is 18.2 Å². The number of carbonyl (C=O) groups excluding carboxylic acids is 3. The summed E-state index contributed by atoms with van der Waals surface area (Å²) in [5, 5.41) is 3.26. The van der Waals surface area contributed by atoms with Crippen LogP contribution in [0.25, 0.3) is 10.4 Å². The van der Waals surface area contributed by atoms with Gasteiger partial charge in [-0.15, -0.1) is 0 Å². The van der Waals surface area contributed by atoms with Gasteiger partial charge in [-0.05, 0) is 72.9 Å². The lowest BCUT2D eigenvalue weighted by Gasteiger charge is -2.32. The number of imide groups is 1. The van der Waals surface area contributed by atoms with Crippen molar-refractivity contribution in [1.82, 2.24) is 4.90 Å². The fourth-order valence-electron chi connectivity index (χ4n) is 2.13. The molecule has 0 aromatic heterocycles. The van der Waals surface area contributed by atoms with E-state index >= 15 is 0 Å². The first-order chi connectivity index (χ1) is 13.3. The standard InChI is InChI=1S/C18H33N5O6/c1-17(2,3)28-14(24)13(9-7-8-10-19)23(16(26)29-18(4,5)6)15(25)27-12-11-21-22-20/h13H,7-12,19H2,1-6H3/t13-/m0/s1. The number of ether oxygens (including phenoxy) is 3. The summed E-state index contributed by atoms with van der Waals surface area (Å²) in [6, 6.07) is -1.25. The first-order valence-corrected chi connectivity index (χ1v) is 9.45. The molecule has 0 aromatic carbocycles. The average Bonchev–Trinajstić information content (AvgIpc) is 2.54. The number of carbonyl (C=O) groups is 3. The Labute approximate surface area is 171 Å². The van der Waals surface area contributed by atoms with Gasteiger partial charge in [0.05, 0.1) is 13.2 Å². The Morgan fingerprint density at radius 1 is 1.03 bits per heavy atom. The summed E-state index contributed by atoms with van der Waals surface area (Å²) in [6.45, 7) is 9.95. The number of nitrogens with zero attached hydrogens (tertiary/aromatic N) is 4. The second-order valence-corrected chi connectivity index (χ2v) is 8.25. The van der Waals surface area contributed by atoms with Crippen LogP contribution < -0.4 is 5.73 Å². The molecule has 0 aromatic rings. The molecule has 0 saturated heterocycles. The van der Waals surface area contributed by atoms with Crippen LogP contribution in [0.1, 0.15) is 60.8 Å². The van der Waals surface area contributed by atoms with Crippen molar-refractivity contribution in [1.29, 1.82) is 0 Å². The first-order valence-electron chi connectivity index (χ1n) is 9.45. The molecular weight excluding hydrogens is 382 g/mol. The molecule has 0 saturated carbocycles. The molecule has 0 bridgehead atoms. The Hall–Kier alpha value is -2.52. The van der Waals surface area contributed by atoms with Gasteiger partial charge < -0.3 is 19.9 Å². The van der Waals surface area contributed by atoms with Crippen molar-refractivity contribution < 1.29 is 28.6 Å². The quantitative estimate of drug-likeness (QED) is 0.151. The highest BCUT2D eigenvalue weighted by Gasteiger charge is 2.40. The minimum absolute atomic E-state index is 0.116. The number of nitrogens with two attached hydrogens (primary N) is 1. The smallest absolute Gasteiger partial charge is 0.420 e. The minimum atomic E-state index is -1.25. The lowest BCUT2D eigenvalue weighted by molar-refractivity contribution is -0.161. The normalized spacial score (nSPS) is 12.4. The van der Waals surface area contributed by atoms with Gasteiger partial charge in [0.25, 0.3) is 0 Å². The molecule has 0 rings (SSSR count). The predicted octanol–water partition coefficient (Wildman–Crippen LogP) is 3.51. The number of amides is 2. The average molecular weight is 415 g/mol. The second-order valence-electron chi connectivity index (χ2n) is 8.25. The summed E-state index contributed by atoms with van der Waals surface area (Å²) in [6.07, 6.45) is -0.915. The maximum Gasteiger partial charge on any atom is 0.420 e. The summed E-state index contributed by atoms with van der Waals surface area (Å²) in [5.74, 6) is -0.757. The van der Waals surface area contributed by atoms with Crippen molar-refractivity contribution in [2.75, 3.05) is 19.7 Å². The molecule has 2 N–H and O–H groups in total. The van der Waals surface area contributed by atoms with Crippen LogP contribution in [0.15, 0.2) is 5.11 Å². The third kappa shape index (κ3) is 11.8. The summed E-state index contributed by atoms with van der Waals surface area (Å²) in [5.41, 5.74) is 12.1. The third-order valence-corrected chi connectivity index (χ3v) is 3.19. The molecule has 0 spiro atoms. The van der Waals surface area contributed by atoms with Crippen molar-refractivity contribution in [3.63, 3.8) is 0 Å². The van der Waals surface area contributed by atoms with E-state index in [4.69, 9.17) is 25.5 Å². The van der Waals surface area contributed by atoms with Crippen LogP contribution in [-0.4, -0.2) is 60.0 Å². The van der Waals surface area contributed by atoms with Crippen LogP contribution in [0.3, 0.4) is 0 Å². The van der Waals surface area contributed by atoms with Crippen LogP contribution >= 0.6 is 0 Å². The molecule has 29 heavy (non-hydrogen) atoms. The van der Waals surface area contributed by atoms with Crippen molar-refractivity contribution >= 4 is 18.2 Å². The maximum atomic E-state index is 12.8. The van der Waals surface area contributed by atoms with Gasteiger partial charge in [-0.1, -0.05) is 5.11 Å². The fraction of sp³-hybridized carbons (Fsp3) is 0.833. The molecule has 1 atom stereocenters. The number of rotatable bonds is 9. The van der Waals surface area contributed by atoms with Crippen LogP contribution in [0, 0.1) is 0 Å². The highest BCUT2D eigenvalue weighted by Crippen LogP contribution is 2.20. The zero-order valence-electron chi connectivity index (χ0n) is 18.1. The van der Waals surface area contributed by atoms with Gasteiger partial charge in [-0.2, -0.15) is 4.90 Å². The highest BCUT2D eigenvalue weighted by molar-refractivity contribution is 5.94. The highest BCUT2D eigenvalue weighted by atomic mass is 16.6. The number of unbranched alkanes of at least 4 members (excludes halogenated alkanes) is 1. The Morgan fingerprint density at radius 2 is 1.62 bits per heavy atom. The lowest BCUT2D eigenvalue weighted by Crippen LogP contribution is -2.52.